The summed E-state index contributed by atoms with van der Waals surface area (Å²) in [5.74, 6) is 1.87. The van der Waals surface area contributed by atoms with Crippen molar-refractivity contribution >= 4 is 0 Å². The normalized spacial score (nSPS) is 10.7. The predicted molar refractivity (Wildman–Crippen MR) is 93.4 cm³/mol. The topological polar surface area (TPSA) is 37.9 Å². The molecule has 1 heterocycles. The minimum atomic E-state index is 0.597. The number of benzene rings is 2. The van der Waals surface area contributed by atoms with Gasteiger partial charge >= 0.3 is 0 Å². The molecule has 0 atom stereocenters. The van der Waals surface area contributed by atoms with Crippen molar-refractivity contribution in [1.29, 1.82) is 0 Å². The van der Waals surface area contributed by atoms with Gasteiger partial charge in [-0.2, -0.15) is 0 Å². The van der Waals surface area contributed by atoms with Crippen molar-refractivity contribution in [1.82, 2.24) is 9.97 Å². The molecule has 0 saturated heterocycles. The molecule has 0 radical (unpaired) electrons. The van der Waals surface area contributed by atoms with Crippen molar-refractivity contribution < 1.29 is 4.74 Å². The second kappa shape index (κ2) is 7.63. The number of aromatic nitrogens is 2. The molecular formula is C20H22N2O. The number of aromatic amines is 1. The Hall–Kier alpha value is -2.55. The number of H-pyrrole nitrogens is 1. The van der Waals surface area contributed by atoms with Gasteiger partial charge in [-0.1, -0.05) is 43.7 Å². The highest BCUT2D eigenvalue weighted by Gasteiger charge is 2.08. The molecule has 1 aromatic heterocycles. The van der Waals surface area contributed by atoms with E-state index < -0.39 is 0 Å². The Morgan fingerprint density at radius 1 is 1.09 bits per heavy atom. The van der Waals surface area contributed by atoms with Gasteiger partial charge in [0.25, 0.3) is 0 Å². The van der Waals surface area contributed by atoms with Crippen LogP contribution in [0, 0.1) is 0 Å². The van der Waals surface area contributed by atoms with E-state index in [1.54, 1.807) is 6.20 Å². The van der Waals surface area contributed by atoms with E-state index in [4.69, 9.17) is 4.74 Å². The van der Waals surface area contributed by atoms with Gasteiger partial charge in [-0.15, -0.1) is 0 Å². The van der Waals surface area contributed by atoms with Crippen LogP contribution in [0.5, 0.6) is 5.75 Å². The van der Waals surface area contributed by atoms with Crippen molar-refractivity contribution in [2.24, 2.45) is 0 Å². The molecule has 3 nitrogen and oxygen atoms in total. The lowest BCUT2D eigenvalue weighted by molar-refractivity contribution is 0.302. The first-order valence-corrected chi connectivity index (χ1v) is 8.16. The van der Waals surface area contributed by atoms with Crippen molar-refractivity contribution in [3.63, 3.8) is 0 Å². The summed E-state index contributed by atoms with van der Waals surface area (Å²) >= 11 is 0. The van der Waals surface area contributed by atoms with Gasteiger partial charge < -0.3 is 9.72 Å². The molecule has 3 aromatic rings. The zero-order valence-corrected chi connectivity index (χ0v) is 13.5. The summed E-state index contributed by atoms with van der Waals surface area (Å²) in [6, 6.07) is 16.6. The zero-order chi connectivity index (χ0) is 15.9. The number of nitrogens with zero attached hydrogens (tertiary/aromatic N) is 1. The third-order valence-electron chi connectivity index (χ3n) is 3.87. The zero-order valence-electron chi connectivity index (χ0n) is 13.5. The maximum Gasteiger partial charge on any atom is 0.137 e. The van der Waals surface area contributed by atoms with Crippen LogP contribution in [0.1, 0.15) is 30.9 Å². The molecule has 118 valence electrons. The summed E-state index contributed by atoms with van der Waals surface area (Å²) in [6.45, 7) is 2.81. The highest BCUT2D eigenvalue weighted by Crippen LogP contribution is 2.27. The molecule has 0 fully saturated rings. The van der Waals surface area contributed by atoms with Crippen LogP contribution in [-0.4, -0.2) is 9.97 Å². The molecule has 0 aliphatic carbocycles. The average Bonchev–Trinajstić information content (AvgIpc) is 3.14. The average molecular weight is 306 g/mol. The Morgan fingerprint density at radius 3 is 2.70 bits per heavy atom. The first-order chi connectivity index (χ1) is 11.4. The van der Waals surface area contributed by atoms with Gasteiger partial charge in [0.15, 0.2) is 0 Å². The summed E-state index contributed by atoms with van der Waals surface area (Å²) in [5.41, 5.74) is 3.54. The number of hydrogen-bond donors (Lipinski definition) is 1. The molecule has 1 N–H and O–H groups in total. The van der Waals surface area contributed by atoms with Gasteiger partial charge in [0, 0.05) is 18.0 Å². The molecule has 0 aliphatic heterocycles. The Kier molecular flexibility index (Phi) is 5.09. The highest BCUT2D eigenvalue weighted by molar-refractivity contribution is 5.58. The van der Waals surface area contributed by atoms with Crippen LogP contribution < -0.4 is 4.74 Å². The minimum Gasteiger partial charge on any atom is -0.489 e. The second-order valence-corrected chi connectivity index (χ2v) is 5.64. The largest absolute Gasteiger partial charge is 0.489 e. The first-order valence-electron chi connectivity index (χ1n) is 8.16. The summed E-state index contributed by atoms with van der Waals surface area (Å²) in [4.78, 5) is 7.50. The predicted octanol–water partition coefficient (Wildman–Crippen LogP) is 5.00. The smallest absolute Gasteiger partial charge is 0.137 e. The van der Waals surface area contributed by atoms with E-state index >= 15 is 0 Å². The molecule has 23 heavy (non-hydrogen) atoms. The molecule has 0 saturated carbocycles. The van der Waals surface area contributed by atoms with E-state index in [9.17, 15) is 0 Å². The molecule has 0 unspecified atom stereocenters. The van der Waals surface area contributed by atoms with Crippen LogP contribution in [0.3, 0.4) is 0 Å². The Labute approximate surface area is 137 Å². The second-order valence-electron chi connectivity index (χ2n) is 5.64. The van der Waals surface area contributed by atoms with E-state index in [1.165, 1.54) is 17.5 Å². The molecule has 3 heteroatoms. The number of rotatable bonds is 7. The van der Waals surface area contributed by atoms with Gasteiger partial charge in [0.1, 0.15) is 18.2 Å². The number of aryl methyl sites for hydroxylation is 1. The molecule has 0 amide bonds. The molecule has 3 rings (SSSR count). The fourth-order valence-corrected chi connectivity index (χ4v) is 2.59. The molecular weight excluding hydrogens is 284 g/mol. The van der Waals surface area contributed by atoms with Crippen molar-refractivity contribution in [3.8, 4) is 17.1 Å². The lowest BCUT2D eigenvalue weighted by atomic mass is 10.0. The quantitative estimate of drug-likeness (QED) is 0.667. The Morgan fingerprint density at radius 2 is 1.96 bits per heavy atom. The maximum atomic E-state index is 6.06. The fraction of sp³-hybridized carbons (Fsp3) is 0.250. The van der Waals surface area contributed by atoms with Crippen LogP contribution >= 0.6 is 0 Å². The van der Waals surface area contributed by atoms with E-state index in [2.05, 4.69) is 47.2 Å². The molecule has 0 aliphatic rings. The van der Waals surface area contributed by atoms with E-state index in [1.807, 2.05) is 24.4 Å². The number of imidazole rings is 1. The van der Waals surface area contributed by atoms with Crippen LogP contribution in [0.4, 0.5) is 0 Å². The highest BCUT2D eigenvalue weighted by atomic mass is 16.5. The fourth-order valence-electron chi connectivity index (χ4n) is 2.59. The summed E-state index contributed by atoms with van der Waals surface area (Å²) in [6.07, 6.45) is 6.98. The monoisotopic (exact) mass is 306 g/mol. The van der Waals surface area contributed by atoms with Gasteiger partial charge in [-0.05, 0) is 42.2 Å². The minimum absolute atomic E-state index is 0.597. The number of hydrogen-bond acceptors (Lipinski definition) is 2. The van der Waals surface area contributed by atoms with E-state index in [-0.39, 0.29) is 0 Å². The Bertz CT molecular complexity index is 721. The summed E-state index contributed by atoms with van der Waals surface area (Å²) < 4.78 is 6.06. The molecule has 2 aromatic carbocycles. The van der Waals surface area contributed by atoms with Crippen LogP contribution in [0.15, 0.2) is 60.9 Å². The lowest BCUT2D eigenvalue weighted by Crippen LogP contribution is -1.99. The van der Waals surface area contributed by atoms with E-state index in [0.29, 0.717) is 6.61 Å². The maximum absolute atomic E-state index is 6.06. The number of ether oxygens (including phenoxy) is 1. The number of nitrogens with one attached hydrogen (secondary N) is 1. The van der Waals surface area contributed by atoms with Gasteiger partial charge in [-0.3, -0.25) is 0 Å². The van der Waals surface area contributed by atoms with Crippen LogP contribution in [0.2, 0.25) is 0 Å². The van der Waals surface area contributed by atoms with Gasteiger partial charge in [0.2, 0.25) is 0 Å². The van der Waals surface area contributed by atoms with Crippen LogP contribution in [-0.2, 0) is 13.0 Å². The van der Waals surface area contributed by atoms with E-state index in [0.717, 1.165) is 30.0 Å². The van der Waals surface area contributed by atoms with Gasteiger partial charge in [0.05, 0.1) is 0 Å². The van der Waals surface area contributed by atoms with Gasteiger partial charge in [-0.25, -0.2) is 4.98 Å². The Balaban J connectivity index is 1.80. The van der Waals surface area contributed by atoms with Crippen LogP contribution in [0.25, 0.3) is 11.4 Å². The summed E-state index contributed by atoms with van der Waals surface area (Å²) in [7, 11) is 0. The first kappa shape index (κ1) is 15.3. The molecule has 0 bridgehead atoms. The van der Waals surface area contributed by atoms with Crippen molar-refractivity contribution in [2.75, 3.05) is 0 Å². The standard InChI is InChI=1S/C20H22N2O/c1-2-3-9-17-14-18(20-21-12-13-22-20)10-11-19(17)23-15-16-7-5-4-6-8-16/h4-8,10-14H,2-3,9,15H2,1H3,(H,21,22). The van der Waals surface area contributed by atoms with Crippen molar-refractivity contribution in [3.05, 3.63) is 72.1 Å². The number of unbranched alkanes of at least 4 members (excludes halogenated alkanes) is 1. The van der Waals surface area contributed by atoms with Crippen molar-refractivity contribution in [2.45, 2.75) is 32.8 Å². The molecule has 0 spiro atoms. The third-order valence-corrected chi connectivity index (χ3v) is 3.87. The third kappa shape index (κ3) is 4.01. The SMILES string of the molecule is CCCCc1cc(-c2ncc[nH]2)ccc1OCc1ccccc1. The lowest BCUT2D eigenvalue weighted by Gasteiger charge is -2.13. The summed E-state index contributed by atoms with van der Waals surface area (Å²) in [5, 5.41) is 0.